The van der Waals surface area contributed by atoms with E-state index in [0.717, 1.165) is 13.2 Å². The maximum Gasteiger partial charge on any atom is 0.433 e. The Morgan fingerprint density at radius 2 is 2.27 bits per heavy atom. The average molecular weight is 217 g/mol. The number of ketones is 1. The van der Waals surface area contributed by atoms with Crippen LogP contribution in [0.4, 0.5) is 13.2 Å². The molecular weight excluding hydrogens is 211 g/mol. The standard InChI is InChI=1S/C8H6F3N3O/c1-14-7(8(9,10)11)5(4-13-14)6(15)2-3-12/h4H,2H2,1H3. The summed E-state index contributed by atoms with van der Waals surface area (Å²) in [4.78, 5) is 11.1. The molecule has 0 bridgehead atoms. The molecule has 1 aromatic heterocycles. The van der Waals surface area contributed by atoms with Gasteiger partial charge in [-0.3, -0.25) is 9.48 Å². The summed E-state index contributed by atoms with van der Waals surface area (Å²) in [6.07, 6.45) is -4.41. The van der Waals surface area contributed by atoms with Gasteiger partial charge >= 0.3 is 6.18 Å². The molecule has 0 fully saturated rings. The third-order valence-electron chi connectivity index (χ3n) is 1.75. The smallest absolute Gasteiger partial charge is 0.293 e. The van der Waals surface area contributed by atoms with Gasteiger partial charge in [0.1, 0.15) is 0 Å². The van der Waals surface area contributed by atoms with Crippen molar-refractivity contribution in [2.45, 2.75) is 12.6 Å². The van der Waals surface area contributed by atoms with Gasteiger partial charge in [0.05, 0.1) is 24.3 Å². The predicted octanol–water partition coefficient (Wildman–Crippen LogP) is 1.54. The van der Waals surface area contributed by atoms with Crippen LogP contribution >= 0.6 is 0 Å². The topological polar surface area (TPSA) is 58.7 Å². The number of aryl methyl sites for hydroxylation is 1. The lowest BCUT2D eigenvalue weighted by molar-refractivity contribution is -0.144. The van der Waals surface area contributed by atoms with Crippen LogP contribution in [0, 0.1) is 11.3 Å². The number of hydrogen-bond donors (Lipinski definition) is 0. The van der Waals surface area contributed by atoms with Gasteiger partial charge in [0.2, 0.25) is 0 Å². The van der Waals surface area contributed by atoms with Crippen molar-refractivity contribution < 1.29 is 18.0 Å². The Hall–Kier alpha value is -1.84. The number of carbonyl (C=O) groups excluding carboxylic acids is 1. The second-order valence-electron chi connectivity index (χ2n) is 2.79. The number of carbonyl (C=O) groups is 1. The van der Waals surface area contributed by atoms with E-state index in [4.69, 9.17) is 5.26 Å². The molecule has 0 spiro atoms. The number of alkyl halides is 3. The van der Waals surface area contributed by atoms with Gasteiger partial charge in [-0.1, -0.05) is 0 Å². The minimum absolute atomic E-state index is 0.563. The van der Waals surface area contributed by atoms with Crippen LogP contribution in [-0.2, 0) is 13.2 Å². The van der Waals surface area contributed by atoms with Gasteiger partial charge in [0.25, 0.3) is 0 Å². The quantitative estimate of drug-likeness (QED) is 0.706. The molecule has 80 valence electrons. The maximum atomic E-state index is 12.4. The van der Waals surface area contributed by atoms with Crippen LogP contribution in [-0.4, -0.2) is 15.6 Å². The summed E-state index contributed by atoms with van der Waals surface area (Å²) < 4.78 is 37.9. The number of hydrogen-bond acceptors (Lipinski definition) is 3. The van der Waals surface area contributed by atoms with E-state index in [0.29, 0.717) is 4.68 Å². The molecular formula is C8H6F3N3O. The molecule has 0 aliphatic rings. The SMILES string of the molecule is Cn1ncc(C(=O)CC#N)c1C(F)(F)F. The Morgan fingerprint density at radius 1 is 1.67 bits per heavy atom. The van der Waals surface area contributed by atoms with Crippen LogP contribution in [0.2, 0.25) is 0 Å². The predicted molar refractivity (Wildman–Crippen MR) is 42.8 cm³/mol. The van der Waals surface area contributed by atoms with Gasteiger partial charge in [-0.05, 0) is 0 Å². The molecule has 15 heavy (non-hydrogen) atoms. The summed E-state index contributed by atoms with van der Waals surface area (Å²) in [7, 11) is 1.09. The highest BCUT2D eigenvalue weighted by Crippen LogP contribution is 2.31. The van der Waals surface area contributed by atoms with Crippen LogP contribution in [0.25, 0.3) is 0 Å². The summed E-state index contributed by atoms with van der Waals surface area (Å²) in [5, 5.41) is 11.6. The normalized spacial score (nSPS) is 11.1. The largest absolute Gasteiger partial charge is 0.433 e. The van der Waals surface area contributed by atoms with Crippen molar-refractivity contribution in [2.24, 2.45) is 7.05 Å². The number of Topliss-reactive ketones (excluding diaryl/α,β-unsaturated/α-hetero) is 1. The van der Waals surface area contributed by atoms with Gasteiger partial charge in [-0.15, -0.1) is 0 Å². The molecule has 0 saturated carbocycles. The van der Waals surface area contributed by atoms with E-state index in [1.165, 1.54) is 6.07 Å². The summed E-state index contributed by atoms with van der Waals surface area (Å²) in [6, 6.07) is 1.50. The van der Waals surface area contributed by atoms with E-state index in [9.17, 15) is 18.0 Å². The first-order valence-electron chi connectivity index (χ1n) is 3.87. The minimum Gasteiger partial charge on any atom is -0.293 e. The van der Waals surface area contributed by atoms with Gasteiger partial charge in [0, 0.05) is 7.05 Å². The monoisotopic (exact) mass is 217 g/mol. The highest BCUT2D eigenvalue weighted by atomic mass is 19.4. The zero-order valence-corrected chi connectivity index (χ0v) is 7.67. The minimum atomic E-state index is -4.65. The van der Waals surface area contributed by atoms with E-state index in [1.54, 1.807) is 0 Å². The highest BCUT2D eigenvalue weighted by molar-refractivity contribution is 5.98. The van der Waals surface area contributed by atoms with Gasteiger partial charge < -0.3 is 0 Å². The Labute approximate surface area is 82.9 Å². The van der Waals surface area contributed by atoms with Crippen molar-refractivity contribution in [3.05, 3.63) is 17.5 Å². The lowest BCUT2D eigenvalue weighted by atomic mass is 10.1. The van der Waals surface area contributed by atoms with Crippen molar-refractivity contribution >= 4 is 5.78 Å². The fourth-order valence-electron chi connectivity index (χ4n) is 1.14. The molecule has 0 aliphatic heterocycles. The van der Waals surface area contributed by atoms with E-state index in [2.05, 4.69) is 5.10 Å². The Bertz CT molecular complexity index is 427. The lowest BCUT2D eigenvalue weighted by Gasteiger charge is -2.08. The number of halogens is 3. The molecule has 0 atom stereocenters. The van der Waals surface area contributed by atoms with E-state index in [1.807, 2.05) is 0 Å². The molecule has 4 nitrogen and oxygen atoms in total. The maximum absolute atomic E-state index is 12.4. The number of rotatable bonds is 2. The van der Waals surface area contributed by atoms with Crippen LogP contribution in [0.1, 0.15) is 22.5 Å². The van der Waals surface area contributed by atoms with Crippen LogP contribution in [0.3, 0.4) is 0 Å². The molecule has 0 saturated heterocycles. The Kier molecular flexibility index (Phi) is 2.79. The summed E-state index contributed by atoms with van der Waals surface area (Å²) in [5.41, 5.74) is -1.69. The third kappa shape index (κ3) is 2.15. The van der Waals surface area contributed by atoms with Crippen molar-refractivity contribution in [1.29, 1.82) is 5.26 Å². The summed E-state index contributed by atoms with van der Waals surface area (Å²) in [5.74, 6) is -0.877. The molecule has 1 rings (SSSR count). The molecule has 0 N–H and O–H groups in total. The number of aromatic nitrogens is 2. The van der Waals surface area contributed by atoms with Crippen molar-refractivity contribution in [2.75, 3.05) is 0 Å². The molecule has 0 unspecified atom stereocenters. The van der Waals surface area contributed by atoms with Gasteiger partial charge in [0.15, 0.2) is 11.5 Å². The second-order valence-corrected chi connectivity index (χ2v) is 2.79. The van der Waals surface area contributed by atoms with Crippen LogP contribution < -0.4 is 0 Å². The molecule has 7 heteroatoms. The van der Waals surface area contributed by atoms with Gasteiger partial charge in [-0.2, -0.15) is 23.5 Å². The van der Waals surface area contributed by atoms with Gasteiger partial charge in [-0.25, -0.2) is 0 Å². The average Bonchev–Trinajstić information content (AvgIpc) is 2.46. The number of nitrogens with zero attached hydrogens (tertiary/aromatic N) is 3. The lowest BCUT2D eigenvalue weighted by Crippen LogP contribution is -2.16. The molecule has 0 radical (unpaired) electrons. The molecule has 0 aromatic carbocycles. The first kappa shape index (κ1) is 11.2. The first-order chi connectivity index (χ1) is 6.88. The fraction of sp³-hybridized carbons (Fsp3) is 0.375. The Balaban J connectivity index is 3.22. The van der Waals surface area contributed by atoms with Crippen LogP contribution in [0.15, 0.2) is 6.20 Å². The fourth-order valence-corrected chi connectivity index (χ4v) is 1.14. The van der Waals surface area contributed by atoms with E-state index < -0.39 is 29.6 Å². The van der Waals surface area contributed by atoms with Crippen LogP contribution in [0.5, 0.6) is 0 Å². The van der Waals surface area contributed by atoms with E-state index >= 15 is 0 Å². The molecule has 1 aromatic rings. The number of nitriles is 1. The molecule has 0 amide bonds. The summed E-state index contributed by atoms with van der Waals surface area (Å²) >= 11 is 0. The molecule has 1 heterocycles. The second kappa shape index (κ2) is 3.73. The zero-order valence-electron chi connectivity index (χ0n) is 7.67. The summed E-state index contributed by atoms with van der Waals surface area (Å²) in [6.45, 7) is 0. The van der Waals surface area contributed by atoms with Crippen molar-refractivity contribution in [3.8, 4) is 6.07 Å². The van der Waals surface area contributed by atoms with E-state index in [-0.39, 0.29) is 0 Å². The molecule has 0 aliphatic carbocycles. The van der Waals surface area contributed by atoms with Crippen molar-refractivity contribution in [3.63, 3.8) is 0 Å². The third-order valence-corrected chi connectivity index (χ3v) is 1.75. The first-order valence-corrected chi connectivity index (χ1v) is 3.87. The zero-order chi connectivity index (χ0) is 11.6. The highest BCUT2D eigenvalue weighted by Gasteiger charge is 2.38. The Morgan fingerprint density at radius 3 is 2.73 bits per heavy atom. The van der Waals surface area contributed by atoms with Crippen molar-refractivity contribution in [1.82, 2.24) is 9.78 Å².